The van der Waals surface area contributed by atoms with E-state index in [-0.39, 0.29) is 38.0 Å². The highest BCUT2D eigenvalue weighted by atomic mass is 16.5. The highest BCUT2D eigenvalue weighted by Crippen LogP contribution is 2.09. The Morgan fingerprint density at radius 3 is 1.60 bits per heavy atom. The van der Waals surface area contributed by atoms with Crippen molar-refractivity contribution in [3.05, 3.63) is 70.8 Å². The minimum absolute atomic E-state index is 0.214. The first-order valence-corrected chi connectivity index (χ1v) is 8.45. The van der Waals surface area contributed by atoms with E-state index in [1.54, 1.807) is 0 Å². The van der Waals surface area contributed by atoms with Gasteiger partial charge in [0.15, 0.2) is 0 Å². The number of aryl methyl sites for hydroxylation is 2. The monoisotopic (exact) mass is 340 g/mol. The Labute approximate surface area is 148 Å². The van der Waals surface area contributed by atoms with Crippen molar-refractivity contribution in [1.29, 1.82) is 0 Å². The van der Waals surface area contributed by atoms with Crippen LogP contribution in [0.4, 0.5) is 0 Å². The fourth-order valence-electron chi connectivity index (χ4n) is 2.45. The molecule has 0 saturated carbocycles. The van der Waals surface area contributed by atoms with Crippen LogP contribution in [0.5, 0.6) is 0 Å². The molecule has 0 fully saturated rings. The van der Waals surface area contributed by atoms with Crippen LogP contribution in [-0.2, 0) is 32.3 Å². The lowest BCUT2D eigenvalue weighted by atomic mass is 10.1. The molecule has 0 amide bonds. The standard InChI is InChI=1S/C21H24O4/c1-16-6-3-8-18(12-16)14-24-20(22)10-5-11-21(23)25-15-19-9-4-7-17(2)13-19/h3-4,6-9,12-13H,5,10-11,14-15H2,1-2H3. The molecule has 4 heteroatoms. The van der Waals surface area contributed by atoms with Crippen LogP contribution in [0.15, 0.2) is 48.5 Å². The number of hydrogen-bond donors (Lipinski definition) is 0. The average Bonchev–Trinajstić information content (AvgIpc) is 2.58. The predicted molar refractivity (Wildman–Crippen MR) is 95.8 cm³/mol. The Kier molecular flexibility index (Phi) is 7.20. The highest BCUT2D eigenvalue weighted by molar-refractivity contribution is 5.72. The maximum atomic E-state index is 11.7. The third kappa shape index (κ3) is 7.21. The summed E-state index contributed by atoms with van der Waals surface area (Å²) in [6.45, 7) is 4.51. The molecular weight excluding hydrogens is 316 g/mol. The van der Waals surface area contributed by atoms with Gasteiger partial charge in [-0.2, -0.15) is 0 Å². The Morgan fingerprint density at radius 1 is 0.760 bits per heavy atom. The van der Waals surface area contributed by atoms with Crippen molar-refractivity contribution in [3.8, 4) is 0 Å². The first-order chi connectivity index (χ1) is 12.0. The summed E-state index contributed by atoms with van der Waals surface area (Å²) in [4.78, 5) is 23.5. The van der Waals surface area contributed by atoms with E-state index >= 15 is 0 Å². The molecule has 0 aliphatic carbocycles. The number of carbonyl (C=O) groups excluding carboxylic acids is 2. The molecule has 0 aliphatic heterocycles. The Hall–Kier alpha value is -2.62. The van der Waals surface area contributed by atoms with Crippen LogP contribution in [0.2, 0.25) is 0 Å². The van der Waals surface area contributed by atoms with Gasteiger partial charge in [0.25, 0.3) is 0 Å². The topological polar surface area (TPSA) is 52.6 Å². The zero-order valence-electron chi connectivity index (χ0n) is 14.8. The molecule has 2 aromatic rings. The summed E-state index contributed by atoms with van der Waals surface area (Å²) in [5, 5.41) is 0. The molecule has 0 aliphatic rings. The number of esters is 2. The molecule has 25 heavy (non-hydrogen) atoms. The molecular formula is C21H24O4. The van der Waals surface area contributed by atoms with Gasteiger partial charge in [-0.05, 0) is 31.4 Å². The van der Waals surface area contributed by atoms with E-state index in [9.17, 15) is 9.59 Å². The molecule has 0 radical (unpaired) electrons. The molecule has 0 spiro atoms. The van der Waals surface area contributed by atoms with E-state index in [4.69, 9.17) is 9.47 Å². The first kappa shape index (κ1) is 18.7. The Balaban J connectivity index is 1.61. The van der Waals surface area contributed by atoms with Crippen LogP contribution in [-0.4, -0.2) is 11.9 Å². The number of rotatable bonds is 8. The van der Waals surface area contributed by atoms with Crippen LogP contribution in [0.3, 0.4) is 0 Å². The molecule has 0 N–H and O–H groups in total. The SMILES string of the molecule is Cc1cccc(COC(=O)CCCC(=O)OCc2cccc(C)c2)c1. The van der Waals surface area contributed by atoms with E-state index in [0.717, 1.165) is 22.3 Å². The fraction of sp³-hybridized carbons (Fsp3) is 0.333. The normalized spacial score (nSPS) is 10.3. The maximum Gasteiger partial charge on any atom is 0.306 e. The van der Waals surface area contributed by atoms with Crippen LogP contribution in [0, 0.1) is 13.8 Å². The summed E-state index contributed by atoms with van der Waals surface area (Å²) < 4.78 is 10.4. The van der Waals surface area contributed by atoms with Gasteiger partial charge in [-0.15, -0.1) is 0 Å². The number of benzene rings is 2. The summed E-state index contributed by atoms with van der Waals surface area (Å²) >= 11 is 0. The summed E-state index contributed by atoms with van der Waals surface area (Å²) in [6.07, 6.45) is 0.857. The minimum atomic E-state index is -0.298. The second-order valence-corrected chi connectivity index (χ2v) is 6.15. The lowest BCUT2D eigenvalue weighted by Crippen LogP contribution is -2.08. The van der Waals surface area contributed by atoms with Gasteiger partial charge in [0.1, 0.15) is 13.2 Å². The van der Waals surface area contributed by atoms with E-state index in [1.807, 2.05) is 62.4 Å². The first-order valence-electron chi connectivity index (χ1n) is 8.45. The van der Waals surface area contributed by atoms with Gasteiger partial charge in [0.05, 0.1) is 0 Å². The highest BCUT2D eigenvalue weighted by Gasteiger charge is 2.08. The molecule has 0 heterocycles. The van der Waals surface area contributed by atoms with Crippen LogP contribution in [0.25, 0.3) is 0 Å². The zero-order valence-corrected chi connectivity index (χ0v) is 14.8. The minimum Gasteiger partial charge on any atom is -0.461 e. The fourth-order valence-corrected chi connectivity index (χ4v) is 2.45. The lowest BCUT2D eigenvalue weighted by molar-refractivity contribution is -0.146. The second-order valence-electron chi connectivity index (χ2n) is 6.15. The number of hydrogen-bond acceptors (Lipinski definition) is 4. The Bertz CT molecular complexity index is 660. The number of carbonyl (C=O) groups is 2. The van der Waals surface area contributed by atoms with E-state index < -0.39 is 0 Å². The molecule has 2 rings (SSSR count). The van der Waals surface area contributed by atoms with Crippen molar-refractivity contribution in [2.75, 3.05) is 0 Å². The quantitative estimate of drug-likeness (QED) is 0.674. The summed E-state index contributed by atoms with van der Waals surface area (Å²) in [6, 6.07) is 15.7. The van der Waals surface area contributed by atoms with E-state index in [2.05, 4.69) is 0 Å². The summed E-state index contributed by atoms with van der Waals surface area (Å²) in [5.74, 6) is -0.596. The third-order valence-electron chi connectivity index (χ3n) is 3.73. The maximum absolute atomic E-state index is 11.7. The van der Waals surface area contributed by atoms with Crippen molar-refractivity contribution >= 4 is 11.9 Å². The molecule has 0 atom stereocenters. The van der Waals surface area contributed by atoms with Crippen molar-refractivity contribution in [1.82, 2.24) is 0 Å². The summed E-state index contributed by atoms with van der Waals surface area (Å²) in [7, 11) is 0. The molecule has 0 bridgehead atoms. The molecule has 2 aromatic carbocycles. The van der Waals surface area contributed by atoms with E-state index in [0.29, 0.717) is 6.42 Å². The van der Waals surface area contributed by atoms with Gasteiger partial charge in [-0.25, -0.2) is 0 Å². The van der Waals surface area contributed by atoms with Gasteiger partial charge >= 0.3 is 11.9 Å². The van der Waals surface area contributed by atoms with Gasteiger partial charge < -0.3 is 9.47 Å². The molecule has 0 aromatic heterocycles. The van der Waals surface area contributed by atoms with Crippen molar-refractivity contribution < 1.29 is 19.1 Å². The molecule has 4 nitrogen and oxygen atoms in total. The Morgan fingerprint density at radius 2 is 1.20 bits per heavy atom. The number of ether oxygens (including phenoxy) is 2. The smallest absolute Gasteiger partial charge is 0.306 e. The van der Waals surface area contributed by atoms with Gasteiger partial charge in [0, 0.05) is 12.8 Å². The van der Waals surface area contributed by atoms with Crippen LogP contribution in [0.1, 0.15) is 41.5 Å². The van der Waals surface area contributed by atoms with Crippen LogP contribution >= 0.6 is 0 Å². The predicted octanol–water partition coefficient (Wildman–Crippen LogP) is 4.26. The van der Waals surface area contributed by atoms with Crippen molar-refractivity contribution in [2.45, 2.75) is 46.3 Å². The van der Waals surface area contributed by atoms with E-state index in [1.165, 1.54) is 0 Å². The molecule has 132 valence electrons. The molecule has 0 unspecified atom stereocenters. The van der Waals surface area contributed by atoms with Crippen molar-refractivity contribution in [2.24, 2.45) is 0 Å². The van der Waals surface area contributed by atoms with Crippen molar-refractivity contribution in [3.63, 3.8) is 0 Å². The molecule has 0 saturated heterocycles. The van der Waals surface area contributed by atoms with Gasteiger partial charge in [0.2, 0.25) is 0 Å². The second kappa shape index (κ2) is 9.62. The summed E-state index contributed by atoms with van der Waals surface area (Å²) in [5.41, 5.74) is 4.19. The largest absolute Gasteiger partial charge is 0.461 e. The van der Waals surface area contributed by atoms with Gasteiger partial charge in [-0.1, -0.05) is 59.7 Å². The zero-order chi connectivity index (χ0) is 18.1. The van der Waals surface area contributed by atoms with Gasteiger partial charge in [-0.3, -0.25) is 9.59 Å². The third-order valence-corrected chi connectivity index (χ3v) is 3.73. The average molecular weight is 340 g/mol. The van der Waals surface area contributed by atoms with Crippen LogP contribution < -0.4 is 0 Å². The lowest BCUT2D eigenvalue weighted by Gasteiger charge is -2.07.